The Kier molecular flexibility index (Phi) is 5.91. The summed E-state index contributed by atoms with van der Waals surface area (Å²) in [6.07, 6.45) is 0. The van der Waals surface area contributed by atoms with E-state index in [9.17, 15) is 22.8 Å². The lowest BCUT2D eigenvalue weighted by Gasteiger charge is -2.31. The van der Waals surface area contributed by atoms with E-state index in [0.29, 0.717) is 26.2 Å². The summed E-state index contributed by atoms with van der Waals surface area (Å²) in [5, 5.41) is 2.85. The molecule has 0 bridgehead atoms. The molecule has 1 saturated heterocycles. The van der Waals surface area contributed by atoms with Crippen molar-refractivity contribution in [3.05, 3.63) is 62.9 Å². The maximum Gasteiger partial charge on any atom is 0.332 e. The lowest BCUT2D eigenvalue weighted by atomic mass is 10.2. The van der Waals surface area contributed by atoms with Crippen molar-refractivity contribution in [1.29, 1.82) is 0 Å². The summed E-state index contributed by atoms with van der Waals surface area (Å²) in [6, 6.07) is 8.84. The Hall–Kier alpha value is -3.35. The van der Waals surface area contributed by atoms with Gasteiger partial charge >= 0.3 is 5.69 Å². The number of anilines is 1. The molecule has 1 aromatic carbocycles. The number of benzene rings is 1. The second kappa shape index (κ2) is 8.54. The summed E-state index contributed by atoms with van der Waals surface area (Å²) in [4.78, 5) is 43.6. The highest BCUT2D eigenvalue weighted by molar-refractivity contribution is 7.89. The highest BCUT2D eigenvalue weighted by atomic mass is 32.2. The molecule has 1 fully saturated rings. The molecule has 0 aliphatic carbocycles. The molecule has 0 spiro atoms. The minimum Gasteiger partial charge on any atom is -0.321 e. The average molecular weight is 473 g/mol. The number of sulfonamides is 1. The van der Waals surface area contributed by atoms with E-state index in [2.05, 4.69) is 15.2 Å². The van der Waals surface area contributed by atoms with Gasteiger partial charge in [0.2, 0.25) is 10.0 Å². The molecule has 0 radical (unpaired) electrons. The summed E-state index contributed by atoms with van der Waals surface area (Å²) < 4.78 is 29.6. The minimum atomic E-state index is -3.69. The van der Waals surface area contributed by atoms with Gasteiger partial charge in [-0.2, -0.15) is 4.31 Å². The summed E-state index contributed by atoms with van der Waals surface area (Å²) >= 11 is 0. The highest BCUT2D eigenvalue weighted by Gasteiger charge is 2.27. The van der Waals surface area contributed by atoms with E-state index in [-0.39, 0.29) is 27.3 Å². The normalized spacial score (nSPS) is 15.6. The zero-order valence-electron chi connectivity index (χ0n) is 18.5. The number of hydrogen-bond donors (Lipinski definition) is 1. The molecular formula is C21H24N6O5S. The predicted molar refractivity (Wildman–Crippen MR) is 123 cm³/mol. The third-order valence-corrected chi connectivity index (χ3v) is 7.62. The Labute approximate surface area is 189 Å². The molecule has 174 valence electrons. The number of nitrogens with one attached hydrogen (secondary N) is 1. The lowest BCUT2D eigenvalue weighted by Crippen LogP contribution is -2.47. The van der Waals surface area contributed by atoms with E-state index in [1.807, 2.05) is 7.05 Å². The molecule has 4 rings (SSSR count). The summed E-state index contributed by atoms with van der Waals surface area (Å²) in [5.74, 6) is -0.598. The van der Waals surface area contributed by atoms with Gasteiger partial charge in [0.25, 0.3) is 11.5 Å². The van der Waals surface area contributed by atoms with Crippen LogP contribution in [0.5, 0.6) is 0 Å². The van der Waals surface area contributed by atoms with E-state index in [4.69, 9.17) is 0 Å². The first-order chi connectivity index (χ1) is 15.6. The first-order valence-electron chi connectivity index (χ1n) is 10.3. The number of carbonyl (C=O) groups is 1. The first kappa shape index (κ1) is 22.8. The maximum atomic E-state index is 13.0. The van der Waals surface area contributed by atoms with Crippen LogP contribution in [-0.4, -0.2) is 70.9 Å². The number of hydrogen-bond acceptors (Lipinski definition) is 7. The molecule has 0 atom stereocenters. The van der Waals surface area contributed by atoms with Crippen LogP contribution in [0.2, 0.25) is 0 Å². The van der Waals surface area contributed by atoms with Gasteiger partial charge in [-0.05, 0) is 37.4 Å². The lowest BCUT2D eigenvalue weighted by molar-refractivity contribution is 0.102. The largest absolute Gasteiger partial charge is 0.332 e. The number of amides is 1. The van der Waals surface area contributed by atoms with Crippen molar-refractivity contribution in [2.24, 2.45) is 14.1 Å². The SMILES string of the molecule is CN1CCN(S(=O)(=O)c2cccc(NC(=O)c3ccc4c(=O)n(C)c(=O)n(C)c4n3)c2)CC1. The fourth-order valence-electron chi connectivity index (χ4n) is 3.69. The van der Waals surface area contributed by atoms with Crippen LogP contribution >= 0.6 is 0 Å². The summed E-state index contributed by atoms with van der Waals surface area (Å²) in [7, 11) is 1.08. The molecule has 0 unspecified atom stereocenters. The Balaban J connectivity index is 1.61. The zero-order valence-corrected chi connectivity index (χ0v) is 19.3. The number of nitrogens with zero attached hydrogens (tertiary/aromatic N) is 5. The number of likely N-dealkylation sites (N-methyl/N-ethyl adjacent to an activating group) is 1. The standard InChI is InChI=1S/C21H24N6O5S/c1-24-9-11-27(12-10-24)33(31,32)15-6-4-5-14(13-15)22-19(28)17-8-7-16-18(23-17)25(2)21(30)26(3)20(16)29/h4-8,13H,9-12H2,1-3H3,(H,22,28). The third kappa shape index (κ3) is 4.19. The van der Waals surface area contributed by atoms with Crippen LogP contribution in [0.15, 0.2) is 50.9 Å². The van der Waals surface area contributed by atoms with Crippen molar-refractivity contribution in [3.63, 3.8) is 0 Å². The number of pyridine rings is 1. The van der Waals surface area contributed by atoms with Gasteiger partial charge in [0.15, 0.2) is 0 Å². The third-order valence-electron chi connectivity index (χ3n) is 5.73. The molecule has 33 heavy (non-hydrogen) atoms. The van der Waals surface area contributed by atoms with Crippen LogP contribution in [0.25, 0.3) is 11.0 Å². The molecular weight excluding hydrogens is 448 g/mol. The average Bonchev–Trinajstić information content (AvgIpc) is 2.81. The van der Waals surface area contributed by atoms with Crippen LogP contribution in [0, 0.1) is 0 Å². The Morgan fingerprint density at radius 2 is 1.67 bits per heavy atom. The van der Waals surface area contributed by atoms with Gasteiger partial charge in [0.05, 0.1) is 10.3 Å². The second-order valence-electron chi connectivity index (χ2n) is 7.96. The minimum absolute atomic E-state index is 0.0157. The quantitative estimate of drug-likeness (QED) is 0.558. The number of aryl methyl sites for hydroxylation is 1. The molecule has 2 aromatic heterocycles. The molecule has 12 heteroatoms. The van der Waals surface area contributed by atoms with Gasteiger partial charge < -0.3 is 10.2 Å². The van der Waals surface area contributed by atoms with E-state index in [1.165, 1.54) is 47.2 Å². The van der Waals surface area contributed by atoms with Crippen molar-refractivity contribution in [3.8, 4) is 0 Å². The van der Waals surface area contributed by atoms with Crippen molar-refractivity contribution >= 4 is 32.7 Å². The molecule has 1 amide bonds. The maximum absolute atomic E-state index is 13.0. The number of fused-ring (bicyclic) bond motifs is 1. The fraction of sp³-hybridized carbons (Fsp3) is 0.333. The van der Waals surface area contributed by atoms with Crippen LogP contribution in [0.3, 0.4) is 0 Å². The van der Waals surface area contributed by atoms with E-state index in [0.717, 1.165) is 4.57 Å². The van der Waals surface area contributed by atoms with Crippen molar-refractivity contribution in [1.82, 2.24) is 23.3 Å². The molecule has 1 N–H and O–H groups in total. The summed E-state index contributed by atoms with van der Waals surface area (Å²) in [6.45, 7) is 2.09. The van der Waals surface area contributed by atoms with Gasteiger partial charge in [-0.1, -0.05) is 6.07 Å². The number of aromatic nitrogens is 3. The van der Waals surface area contributed by atoms with Crippen molar-refractivity contribution < 1.29 is 13.2 Å². The fourth-order valence-corrected chi connectivity index (χ4v) is 5.16. The summed E-state index contributed by atoms with van der Waals surface area (Å²) in [5.41, 5.74) is -0.705. The monoisotopic (exact) mass is 472 g/mol. The Morgan fingerprint density at radius 3 is 2.36 bits per heavy atom. The van der Waals surface area contributed by atoms with Gasteiger partial charge in [0.1, 0.15) is 11.3 Å². The molecule has 11 nitrogen and oxygen atoms in total. The second-order valence-corrected chi connectivity index (χ2v) is 9.90. The van der Waals surface area contributed by atoms with Crippen LogP contribution < -0.4 is 16.6 Å². The Bertz CT molecular complexity index is 1470. The number of rotatable bonds is 4. The zero-order chi connectivity index (χ0) is 23.9. The van der Waals surface area contributed by atoms with Crippen molar-refractivity contribution in [2.45, 2.75) is 4.90 Å². The molecule has 3 aromatic rings. The molecule has 1 aliphatic heterocycles. The van der Waals surface area contributed by atoms with Crippen LogP contribution in [-0.2, 0) is 24.1 Å². The molecule has 0 saturated carbocycles. The van der Waals surface area contributed by atoms with Crippen LogP contribution in [0.4, 0.5) is 5.69 Å². The topological polar surface area (TPSA) is 127 Å². The van der Waals surface area contributed by atoms with Gasteiger partial charge in [-0.3, -0.25) is 18.7 Å². The predicted octanol–water partition coefficient (Wildman–Crippen LogP) is -0.179. The van der Waals surface area contributed by atoms with Gasteiger partial charge in [-0.25, -0.2) is 18.2 Å². The molecule has 3 heterocycles. The van der Waals surface area contributed by atoms with E-state index < -0.39 is 27.2 Å². The van der Waals surface area contributed by atoms with Crippen LogP contribution in [0.1, 0.15) is 10.5 Å². The van der Waals surface area contributed by atoms with Crippen molar-refractivity contribution in [2.75, 3.05) is 38.5 Å². The van der Waals surface area contributed by atoms with E-state index >= 15 is 0 Å². The number of carbonyl (C=O) groups excluding carboxylic acids is 1. The first-order valence-corrected chi connectivity index (χ1v) is 11.7. The number of piperazine rings is 1. The van der Waals surface area contributed by atoms with E-state index in [1.54, 1.807) is 12.1 Å². The van der Waals surface area contributed by atoms with Gasteiger partial charge in [-0.15, -0.1) is 0 Å². The molecule has 1 aliphatic rings. The van der Waals surface area contributed by atoms with Gasteiger partial charge in [0, 0.05) is 46.0 Å². The highest BCUT2D eigenvalue weighted by Crippen LogP contribution is 2.21. The smallest absolute Gasteiger partial charge is 0.321 e. The Morgan fingerprint density at radius 1 is 0.970 bits per heavy atom.